The van der Waals surface area contributed by atoms with Crippen LogP contribution in [-0.2, 0) is 23.8 Å². The highest BCUT2D eigenvalue weighted by Gasteiger charge is 2.45. The standard InChI is InChI=1S/C21H30O9/c1-10-7-15-13(11(2)20(27)28-15)5-3-12(8-22)4-6-14(10)29-21-19(26)18(25)17(24)16(9-23)30-21/h4,7-8,11,13-19,21,23-26H,3,5-6,9H2,1-2H3/b10-7+,12-4+/t11-,13-,14-,15-,16+,17+,18-,19+,21+/m0/s1. The monoisotopic (exact) mass is 426 g/mol. The molecule has 0 saturated carbocycles. The number of rotatable bonds is 4. The van der Waals surface area contributed by atoms with E-state index in [0.29, 0.717) is 30.4 Å². The number of ether oxygens (including phenoxy) is 3. The zero-order chi connectivity index (χ0) is 22.0. The Balaban J connectivity index is 1.85. The number of carbonyl (C=O) groups is 2. The lowest BCUT2D eigenvalue weighted by atomic mass is 9.84. The molecular weight excluding hydrogens is 396 g/mol. The molecule has 0 spiro atoms. The SMILES string of the molecule is C/C1=C\[C@@H]2OC(=O)[C@@H](C)[C@@H]2CC/C(C=O)=C\C[C@@H]1O[C@@H]1O[C@H](CO)[C@@H](O)[C@H](O)[C@H]1O. The molecule has 2 fully saturated rings. The molecule has 0 aromatic heterocycles. The highest BCUT2D eigenvalue weighted by molar-refractivity contribution is 5.75. The molecule has 2 heterocycles. The van der Waals surface area contributed by atoms with Crippen molar-refractivity contribution in [3.8, 4) is 0 Å². The molecule has 0 aromatic rings. The minimum absolute atomic E-state index is 0.0678. The average molecular weight is 426 g/mol. The van der Waals surface area contributed by atoms with Crippen LogP contribution in [0.2, 0.25) is 0 Å². The first-order chi connectivity index (χ1) is 14.3. The Hall–Kier alpha value is -1.62. The molecule has 9 heteroatoms. The van der Waals surface area contributed by atoms with Crippen LogP contribution in [0, 0.1) is 11.8 Å². The van der Waals surface area contributed by atoms with E-state index in [9.17, 15) is 30.0 Å². The Labute approximate surface area is 174 Å². The number of allylic oxidation sites excluding steroid dienone is 1. The van der Waals surface area contributed by atoms with Gasteiger partial charge in [-0.05, 0) is 43.4 Å². The molecule has 4 N–H and O–H groups in total. The van der Waals surface area contributed by atoms with E-state index in [1.54, 1.807) is 13.0 Å². The first-order valence-corrected chi connectivity index (χ1v) is 10.3. The topological polar surface area (TPSA) is 143 Å². The van der Waals surface area contributed by atoms with Gasteiger partial charge in [-0.3, -0.25) is 9.59 Å². The van der Waals surface area contributed by atoms with Crippen LogP contribution in [0.25, 0.3) is 0 Å². The summed E-state index contributed by atoms with van der Waals surface area (Å²) in [5, 5.41) is 39.6. The lowest BCUT2D eigenvalue weighted by molar-refractivity contribution is -0.308. The number of fused-ring (bicyclic) bond motifs is 1. The molecule has 168 valence electrons. The van der Waals surface area contributed by atoms with E-state index in [1.807, 2.05) is 13.0 Å². The molecule has 9 atom stereocenters. The molecule has 2 saturated heterocycles. The Morgan fingerprint density at radius 3 is 2.63 bits per heavy atom. The number of hydrogen-bond acceptors (Lipinski definition) is 9. The summed E-state index contributed by atoms with van der Waals surface area (Å²) in [6, 6.07) is 0. The lowest BCUT2D eigenvalue weighted by Crippen LogP contribution is -2.59. The molecule has 2 aliphatic heterocycles. The van der Waals surface area contributed by atoms with Crippen LogP contribution in [0.4, 0.5) is 0 Å². The molecule has 3 aliphatic rings. The predicted octanol–water partition coefficient (Wildman–Crippen LogP) is -0.395. The van der Waals surface area contributed by atoms with Crippen molar-refractivity contribution in [2.45, 2.75) is 76.0 Å². The Morgan fingerprint density at radius 2 is 1.97 bits per heavy atom. The van der Waals surface area contributed by atoms with Crippen LogP contribution in [0.1, 0.15) is 33.1 Å². The number of hydrogen-bond donors (Lipinski definition) is 4. The fraction of sp³-hybridized carbons (Fsp3) is 0.714. The van der Waals surface area contributed by atoms with Crippen molar-refractivity contribution in [1.82, 2.24) is 0 Å². The molecule has 9 nitrogen and oxygen atoms in total. The third-order valence-electron chi connectivity index (χ3n) is 6.28. The largest absolute Gasteiger partial charge is 0.458 e. The van der Waals surface area contributed by atoms with E-state index in [-0.39, 0.29) is 17.8 Å². The summed E-state index contributed by atoms with van der Waals surface area (Å²) in [4.78, 5) is 23.6. The van der Waals surface area contributed by atoms with Crippen molar-refractivity contribution in [3.05, 3.63) is 23.3 Å². The van der Waals surface area contributed by atoms with Crippen LogP contribution in [-0.4, -0.2) is 82.2 Å². The highest BCUT2D eigenvalue weighted by Crippen LogP contribution is 2.36. The van der Waals surface area contributed by atoms with Gasteiger partial charge < -0.3 is 34.6 Å². The number of aliphatic hydroxyl groups is 4. The van der Waals surface area contributed by atoms with Gasteiger partial charge in [0.1, 0.15) is 36.8 Å². The average Bonchev–Trinajstić information content (AvgIpc) is 2.99. The van der Waals surface area contributed by atoms with Gasteiger partial charge in [0.2, 0.25) is 0 Å². The van der Waals surface area contributed by atoms with E-state index >= 15 is 0 Å². The van der Waals surface area contributed by atoms with E-state index in [0.717, 1.165) is 6.29 Å². The van der Waals surface area contributed by atoms with Crippen molar-refractivity contribution in [3.63, 3.8) is 0 Å². The van der Waals surface area contributed by atoms with Gasteiger partial charge in [-0.15, -0.1) is 0 Å². The number of esters is 1. The van der Waals surface area contributed by atoms with E-state index in [4.69, 9.17) is 14.2 Å². The second kappa shape index (κ2) is 9.67. The summed E-state index contributed by atoms with van der Waals surface area (Å²) in [6.45, 7) is 3.05. The van der Waals surface area contributed by atoms with Crippen LogP contribution >= 0.6 is 0 Å². The van der Waals surface area contributed by atoms with Crippen molar-refractivity contribution in [2.24, 2.45) is 11.8 Å². The van der Waals surface area contributed by atoms with Crippen LogP contribution in [0.5, 0.6) is 0 Å². The zero-order valence-corrected chi connectivity index (χ0v) is 17.1. The maximum atomic E-state index is 12.1. The Kier molecular flexibility index (Phi) is 7.43. The van der Waals surface area contributed by atoms with Crippen LogP contribution < -0.4 is 0 Å². The molecule has 0 unspecified atom stereocenters. The van der Waals surface area contributed by atoms with Gasteiger partial charge in [-0.25, -0.2) is 0 Å². The summed E-state index contributed by atoms with van der Waals surface area (Å²) in [5.74, 6) is -0.630. The minimum atomic E-state index is -1.55. The smallest absolute Gasteiger partial charge is 0.309 e. The van der Waals surface area contributed by atoms with Crippen molar-refractivity contribution in [1.29, 1.82) is 0 Å². The van der Waals surface area contributed by atoms with Gasteiger partial charge in [-0.1, -0.05) is 13.0 Å². The van der Waals surface area contributed by atoms with Gasteiger partial charge in [0, 0.05) is 5.92 Å². The van der Waals surface area contributed by atoms with E-state index in [2.05, 4.69) is 0 Å². The molecule has 1 aliphatic carbocycles. The third kappa shape index (κ3) is 4.66. The number of aldehydes is 1. The summed E-state index contributed by atoms with van der Waals surface area (Å²) < 4.78 is 16.9. The Morgan fingerprint density at radius 1 is 1.23 bits per heavy atom. The van der Waals surface area contributed by atoms with Gasteiger partial charge in [0.05, 0.1) is 18.6 Å². The quantitative estimate of drug-likeness (QED) is 0.268. The second-order valence-corrected chi connectivity index (χ2v) is 8.26. The predicted molar refractivity (Wildman–Crippen MR) is 103 cm³/mol. The third-order valence-corrected chi connectivity index (χ3v) is 6.28. The van der Waals surface area contributed by atoms with Gasteiger partial charge >= 0.3 is 5.97 Å². The number of aliphatic hydroxyl groups excluding tert-OH is 4. The zero-order valence-electron chi connectivity index (χ0n) is 17.1. The summed E-state index contributed by atoms with van der Waals surface area (Å²) in [7, 11) is 0. The molecule has 3 rings (SSSR count). The minimum Gasteiger partial charge on any atom is -0.458 e. The maximum absolute atomic E-state index is 12.1. The highest BCUT2D eigenvalue weighted by atomic mass is 16.7. The molecule has 0 amide bonds. The maximum Gasteiger partial charge on any atom is 0.309 e. The van der Waals surface area contributed by atoms with Gasteiger partial charge in [0.15, 0.2) is 6.29 Å². The first-order valence-electron chi connectivity index (χ1n) is 10.3. The lowest BCUT2D eigenvalue weighted by Gasteiger charge is -2.41. The van der Waals surface area contributed by atoms with Crippen molar-refractivity contribution >= 4 is 12.3 Å². The van der Waals surface area contributed by atoms with E-state index in [1.165, 1.54) is 0 Å². The van der Waals surface area contributed by atoms with Crippen LogP contribution in [0.15, 0.2) is 23.3 Å². The molecule has 0 radical (unpaired) electrons. The summed E-state index contributed by atoms with van der Waals surface area (Å²) >= 11 is 0. The van der Waals surface area contributed by atoms with Crippen LogP contribution in [0.3, 0.4) is 0 Å². The molecule has 30 heavy (non-hydrogen) atoms. The summed E-state index contributed by atoms with van der Waals surface area (Å²) in [5.41, 5.74) is 1.30. The van der Waals surface area contributed by atoms with E-state index < -0.39 is 49.5 Å². The summed E-state index contributed by atoms with van der Waals surface area (Å²) in [6.07, 6.45) is -2.23. The Bertz CT molecular complexity index is 701. The van der Waals surface area contributed by atoms with Crippen molar-refractivity contribution < 1.29 is 44.2 Å². The normalized spacial score (nSPS) is 46.1. The van der Waals surface area contributed by atoms with Crippen molar-refractivity contribution in [2.75, 3.05) is 6.61 Å². The fourth-order valence-electron chi connectivity index (χ4n) is 4.22. The molecule has 0 bridgehead atoms. The number of carbonyl (C=O) groups excluding carboxylic acids is 2. The fourth-order valence-corrected chi connectivity index (χ4v) is 4.22. The first kappa shape index (κ1) is 23.1. The second-order valence-electron chi connectivity index (χ2n) is 8.26. The van der Waals surface area contributed by atoms with Gasteiger partial charge in [-0.2, -0.15) is 0 Å². The van der Waals surface area contributed by atoms with Gasteiger partial charge in [0.25, 0.3) is 0 Å². The molecule has 0 aromatic carbocycles. The molecular formula is C21H30O9.